The highest BCUT2D eigenvalue weighted by molar-refractivity contribution is 5.95. The van der Waals surface area contributed by atoms with Crippen molar-refractivity contribution in [3.05, 3.63) is 35.4 Å². The van der Waals surface area contributed by atoms with E-state index in [1.54, 1.807) is 6.07 Å². The van der Waals surface area contributed by atoms with Crippen molar-refractivity contribution in [2.45, 2.75) is 26.3 Å². The fourth-order valence-corrected chi connectivity index (χ4v) is 1.76. The number of nitrogen functional groups attached to an aromatic ring is 1. The van der Waals surface area contributed by atoms with Gasteiger partial charge in [-0.1, -0.05) is 31.5 Å². The first-order chi connectivity index (χ1) is 8.19. The zero-order chi connectivity index (χ0) is 12.7. The Morgan fingerprint density at radius 3 is 2.76 bits per heavy atom. The van der Waals surface area contributed by atoms with E-state index in [0.29, 0.717) is 5.56 Å². The number of hydrazine groups is 1. The summed E-state index contributed by atoms with van der Waals surface area (Å²) >= 11 is 0. The van der Waals surface area contributed by atoms with Gasteiger partial charge in [0.2, 0.25) is 0 Å². The number of rotatable bonds is 6. The van der Waals surface area contributed by atoms with Crippen LogP contribution in [-0.2, 0) is 6.54 Å². The van der Waals surface area contributed by atoms with Crippen LogP contribution in [0.2, 0.25) is 0 Å². The lowest BCUT2D eigenvalue weighted by Gasteiger charge is -2.17. The van der Waals surface area contributed by atoms with E-state index in [9.17, 15) is 4.79 Å². The lowest BCUT2D eigenvalue weighted by molar-refractivity contribution is 0.0952. The van der Waals surface area contributed by atoms with Crippen LogP contribution in [0.3, 0.4) is 0 Å². The number of hydrogen-bond donors (Lipinski definition) is 2. The fraction of sp³-hybridized carbons (Fsp3) is 0.462. The minimum Gasteiger partial charge on any atom is -0.302 e. The monoisotopic (exact) mass is 235 g/mol. The number of benzene rings is 1. The van der Waals surface area contributed by atoms with Crippen molar-refractivity contribution < 1.29 is 4.79 Å². The third-order valence-electron chi connectivity index (χ3n) is 2.73. The smallest absolute Gasteiger partial charge is 0.265 e. The highest BCUT2D eigenvalue weighted by Gasteiger charge is 2.10. The van der Waals surface area contributed by atoms with Gasteiger partial charge in [0.1, 0.15) is 0 Å². The largest absolute Gasteiger partial charge is 0.302 e. The van der Waals surface area contributed by atoms with E-state index in [-0.39, 0.29) is 5.91 Å². The Morgan fingerprint density at radius 1 is 1.41 bits per heavy atom. The molecular weight excluding hydrogens is 214 g/mol. The van der Waals surface area contributed by atoms with Crippen LogP contribution in [0.25, 0.3) is 0 Å². The fourth-order valence-electron chi connectivity index (χ4n) is 1.76. The molecule has 0 unspecified atom stereocenters. The van der Waals surface area contributed by atoms with Crippen molar-refractivity contribution in [2.75, 3.05) is 13.6 Å². The normalized spacial score (nSPS) is 10.6. The molecule has 1 rings (SSSR count). The van der Waals surface area contributed by atoms with Crippen LogP contribution in [0.15, 0.2) is 24.3 Å². The average Bonchev–Trinajstić information content (AvgIpc) is 2.36. The van der Waals surface area contributed by atoms with Gasteiger partial charge in [-0.3, -0.25) is 10.2 Å². The third kappa shape index (κ3) is 4.17. The van der Waals surface area contributed by atoms with E-state index >= 15 is 0 Å². The van der Waals surface area contributed by atoms with Crippen LogP contribution in [0.1, 0.15) is 35.7 Å². The van der Waals surface area contributed by atoms with Crippen molar-refractivity contribution in [1.29, 1.82) is 0 Å². The molecule has 0 aliphatic carbocycles. The molecule has 0 radical (unpaired) electrons. The number of unbranched alkanes of at least 4 members (excludes halogenated alkanes) is 1. The predicted octanol–water partition coefficient (Wildman–Crippen LogP) is 1.52. The summed E-state index contributed by atoms with van der Waals surface area (Å²) in [5.41, 5.74) is 3.84. The second-order valence-corrected chi connectivity index (χ2v) is 4.22. The molecule has 0 atom stereocenters. The molecule has 3 N–H and O–H groups in total. The Bertz CT molecular complexity index is 365. The summed E-state index contributed by atoms with van der Waals surface area (Å²) < 4.78 is 0. The number of carbonyl (C=O) groups is 1. The van der Waals surface area contributed by atoms with E-state index in [4.69, 9.17) is 5.84 Å². The highest BCUT2D eigenvalue weighted by Crippen LogP contribution is 2.11. The quantitative estimate of drug-likeness (QED) is 0.446. The molecule has 0 aliphatic rings. The standard InChI is InChI=1S/C13H21N3O/c1-3-4-9-16(2)10-11-7-5-6-8-12(11)13(17)15-14/h5-8H,3-4,9-10,14H2,1-2H3,(H,15,17). The SMILES string of the molecule is CCCCN(C)Cc1ccccc1C(=O)NN. The van der Waals surface area contributed by atoms with Gasteiger partial charge < -0.3 is 4.90 Å². The van der Waals surface area contributed by atoms with Gasteiger partial charge in [-0.25, -0.2) is 5.84 Å². The molecule has 4 nitrogen and oxygen atoms in total. The van der Waals surface area contributed by atoms with Gasteiger partial charge >= 0.3 is 0 Å². The molecule has 0 bridgehead atoms. The van der Waals surface area contributed by atoms with Crippen molar-refractivity contribution >= 4 is 5.91 Å². The van der Waals surface area contributed by atoms with Crippen molar-refractivity contribution in [3.8, 4) is 0 Å². The third-order valence-corrected chi connectivity index (χ3v) is 2.73. The van der Waals surface area contributed by atoms with Gasteiger partial charge in [0.25, 0.3) is 5.91 Å². The number of hydrogen-bond acceptors (Lipinski definition) is 3. The maximum Gasteiger partial charge on any atom is 0.265 e. The van der Waals surface area contributed by atoms with Gasteiger partial charge in [0, 0.05) is 12.1 Å². The predicted molar refractivity (Wildman–Crippen MR) is 69.3 cm³/mol. The molecule has 94 valence electrons. The van der Waals surface area contributed by atoms with Crippen LogP contribution in [0.5, 0.6) is 0 Å². The molecule has 0 heterocycles. The van der Waals surface area contributed by atoms with Gasteiger partial charge in [-0.2, -0.15) is 0 Å². The molecule has 0 fully saturated rings. The van der Waals surface area contributed by atoms with Crippen LogP contribution < -0.4 is 11.3 Å². The van der Waals surface area contributed by atoms with E-state index in [1.165, 1.54) is 12.8 Å². The minimum absolute atomic E-state index is 0.232. The van der Waals surface area contributed by atoms with Crippen LogP contribution >= 0.6 is 0 Å². The Morgan fingerprint density at radius 2 is 2.12 bits per heavy atom. The van der Waals surface area contributed by atoms with Gasteiger partial charge in [-0.15, -0.1) is 0 Å². The Labute approximate surface area is 103 Å². The van der Waals surface area contributed by atoms with Gasteiger partial charge in [0.05, 0.1) is 0 Å². The maximum absolute atomic E-state index is 11.6. The molecule has 17 heavy (non-hydrogen) atoms. The highest BCUT2D eigenvalue weighted by atomic mass is 16.2. The first kappa shape index (κ1) is 13.7. The van der Waals surface area contributed by atoms with E-state index in [0.717, 1.165) is 18.7 Å². The summed E-state index contributed by atoms with van der Waals surface area (Å²) in [6.07, 6.45) is 2.34. The summed E-state index contributed by atoms with van der Waals surface area (Å²) in [7, 11) is 2.06. The van der Waals surface area contributed by atoms with E-state index < -0.39 is 0 Å². The second-order valence-electron chi connectivity index (χ2n) is 4.22. The number of amides is 1. The number of nitrogens with zero attached hydrogens (tertiary/aromatic N) is 1. The number of carbonyl (C=O) groups excluding carboxylic acids is 1. The molecule has 4 heteroatoms. The molecule has 0 aromatic heterocycles. The van der Waals surface area contributed by atoms with E-state index in [2.05, 4.69) is 24.3 Å². The van der Waals surface area contributed by atoms with Crippen LogP contribution in [-0.4, -0.2) is 24.4 Å². The van der Waals surface area contributed by atoms with Crippen molar-refractivity contribution in [3.63, 3.8) is 0 Å². The summed E-state index contributed by atoms with van der Waals surface area (Å²) in [6.45, 7) is 3.97. The van der Waals surface area contributed by atoms with Crippen molar-refractivity contribution in [1.82, 2.24) is 10.3 Å². The molecule has 1 amide bonds. The summed E-state index contributed by atoms with van der Waals surface area (Å²) in [5.74, 6) is 4.94. The maximum atomic E-state index is 11.6. The Balaban J connectivity index is 2.73. The molecule has 1 aromatic carbocycles. The molecule has 0 saturated carbocycles. The van der Waals surface area contributed by atoms with Gasteiger partial charge in [0.15, 0.2) is 0 Å². The zero-order valence-electron chi connectivity index (χ0n) is 10.6. The van der Waals surface area contributed by atoms with Crippen LogP contribution in [0.4, 0.5) is 0 Å². The Kier molecular flexibility index (Phi) is 5.66. The molecule has 1 aromatic rings. The van der Waals surface area contributed by atoms with E-state index in [1.807, 2.05) is 18.2 Å². The minimum atomic E-state index is -0.232. The summed E-state index contributed by atoms with van der Waals surface area (Å²) in [5, 5.41) is 0. The first-order valence-corrected chi connectivity index (χ1v) is 5.96. The lowest BCUT2D eigenvalue weighted by atomic mass is 10.1. The molecule has 0 spiro atoms. The second kappa shape index (κ2) is 7.04. The topological polar surface area (TPSA) is 58.4 Å². The average molecular weight is 235 g/mol. The summed E-state index contributed by atoms with van der Waals surface area (Å²) in [6, 6.07) is 7.55. The number of nitrogens with one attached hydrogen (secondary N) is 1. The molecular formula is C13H21N3O. The lowest BCUT2D eigenvalue weighted by Crippen LogP contribution is -2.31. The molecule has 0 saturated heterocycles. The first-order valence-electron chi connectivity index (χ1n) is 5.96. The Hall–Kier alpha value is -1.39. The molecule has 0 aliphatic heterocycles. The van der Waals surface area contributed by atoms with Gasteiger partial charge in [-0.05, 0) is 31.6 Å². The zero-order valence-corrected chi connectivity index (χ0v) is 10.6. The van der Waals surface area contributed by atoms with Crippen molar-refractivity contribution in [2.24, 2.45) is 5.84 Å². The van der Waals surface area contributed by atoms with Crippen LogP contribution in [0, 0.1) is 0 Å². The summed E-state index contributed by atoms with van der Waals surface area (Å²) in [4.78, 5) is 13.8. The number of nitrogens with two attached hydrogens (primary N) is 1.